The van der Waals surface area contributed by atoms with E-state index in [4.69, 9.17) is 5.73 Å². The third kappa shape index (κ3) is 2.12. The zero-order chi connectivity index (χ0) is 9.97. The van der Waals surface area contributed by atoms with Crippen molar-refractivity contribution in [2.75, 3.05) is 5.73 Å². The predicted molar refractivity (Wildman–Crippen MR) is 55.5 cm³/mol. The highest BCUT2D eigenvalue weighted by molar-refractivity contribution is 8.01. The molecule has 0 aliphatic carbocycles. The lowest BCUT2D eigenvalue weighted by atomic mass is 10.7. The van der Waals surface area contributed by atoms with Gasteiger partial charge in [-0.15, -0.1) is 0 Å². The van der Waals surface area contributed by atoms with Crippen LogP contribution in [0.1, 0.15) is 0 Å². The lowest BCUT2D eigenvalue weighted by molar-refractivity contribution is 0.938. The number of nitrogens with one attached hydrogen (secondary N) is 1. The van der Waals surface area contributed by atoms with Crippen molar-refractivity contribution < 1.29 is 0 Å². The highest BCUT2D eigenvalue weighted by atomic mass is 32.2. The van der Waals surface area contributed by atoms with Gasteiger partial charge in [0.1, 0.15) is 0 Å². The van der Waals surface area contributed by atoms with Gasteiger partial charge in [-0.2, -0.15) is 0 Å². The first-order chi connectivity index (χ1) is 6.74. The fraction of sp³-hybridized carbons (Fsp3) is 0. The van der Waals surface area contributed by atoms with Crippen LogP contribution in [0.2, 0.25) is 0 Å². The van der Waals surface area contributed by atoms with Gasteiger partial charge in [-0.05, 0) is 11.8 Å². The third-order valence-corrected chi connectivity index (χ3v) is 3.18. The van der Waals surface area contributed by atoms with Gasteiger partial charge in [0.15, 0.2) is 10.3 Å². The summed E-state index contributed by atoms with van der Waals surface area (Å²) in [5.74, 6) is 0. The number of hydrogen-bond acceptors (Lipinski definition) is 6. The van der Waals surface area contributed by atoms with Gasteiger partial charge in [-0.1, -0.05) is 11.3 Å². The van der Waals surface area contributed by atoms with Crippen LogP contribution in [0.3, 0.4) is 0 Å². The SMILES string of the molecule is Nc1ncc(Sc2nccc(=O)[nH]2)s1. The Morgan fingerprint density at radius 2 is 2.36 bits per heavy atom. The summed E-state index contributed by atoms with van der Waals surface area (Å²) in [5, 5.41) is 1.05. The molecule has 2 rings (SSSR count). The minimum absolute atomic E-state index is 0.167. The number of rotatable bonds is 2. The summed E-state index contributed by atoms with van der Waals surface area (Å²) < 4.78 is 0.900. The van der Waals surface area contributed by atoms with Crippen LogP contribution in [-0.2, 0) is 0 Å². The molecule has 0 fully saturated rings. The quantitative estimate of drug-likeness (QED) is 0.745. The zero-order valence-corrected chi connectivity index (χ0v) is 8.56. The number of hydrogen-bond donors (Lipinski definition) is 2. The highest BCUT2D eigenvalue weighted by Crippen LogP contribution is 2.29. The van der Waals surface area contributed by atoms with E-state index in [0.717, 1.165) is 4.21 Å². The van der Waals surface area contributed by atoms with Crippen LogP contribution >= 0.6 is 23.1 Å². The molecule has 0 atom stereocenters. The molecule has 72 valence electrons. The first-order valence-electron chi connectivity index (χ1n) is 3.68. The maximum absolute atomic E-state index is 10.9. The molecule has 14 heavy (non-hydrogen) atoms. The Labute approximate surface area is 87.4 Å². The van der Waals surface area contributed by atoms with E-state index >= 15 is 0 Å². The number of nitrogens with zero attached hydrogens (tertiary/aromatic N) is 2. The minimum Gasteiger partial charge on any atom is -0.375 e. The maximum atomic E-state index is 10.9. The summed E-state index contributed by atoms with van der Waals surface area (Å²) in [6.07, 6.45) is 3.11. The number of H-pyrrole nitrogens is 1. The largest absolute Gasteiger partial charge is 0.375 e. The zero-order valence-electron chi connectivity index (χ0n) is 6.93. The van der Waals surface area contributed by atoms with E-state index < -0.39 is 0 Å². The monoisotopic (exact) mass is 226 g/mol. The average molecular weight is 226 g/mol. The van der Waals surface area contributed by atoms with Crippen LogP contribution in [0, 0.1) is 0 Å². The van der Waals surface area contributed by atoms with Crippen molar-refractivity contribution >= 4 is 28.2 Å². The summed E-state index contributed by atoms with van der Waals surface area (Å²) in [6, 6.07) is 1.37. The van der Waals surface area contributed by atoms with Crippen LogP contribution in [-0.4, -0.2) is 15.0 Å². The van der Waals surface area contributed by atoms with Crippen molar-refractivity contribution in [3.63, 3.8) is 0 Å². The predicted octanol–water partition coefficient (Wildman–Crippen LogP) is 0.960. The summed E-state index contributed by atoms with van der Waals surface area (Å²) in [6.45, 7) is 0. The van der Waals surface area contributed by atoms with Crippen LogP contribution < -0.4 is 11.3 Å². The molecule has 2 aromatic heterocycles. The van der Waals surface area contributed by atoms with Gasteiger partial charge < -0.3 is 10.7 Å². The number of anilines is 1. The molecule has 0 aliphatic heterocycles. The lowest BCUT2D eigenvalue weighted by Crippen LogP contribution is -2.04. The molecule has 7 heteroatoms. The Balaban J connectivity index is 2.23. The van der Waals surface area contributed by atoms with E-state index in [0.29, 0.717) is 10.3 Å². The summed E-state index contributed by atoms with van der Waals surface area (Å²) in [7, 11) is 0. The van der Waals surface area contributed by atoms with Gasteiger partial charge in [0.05, 0.1) is 10.4 Å². The van der Waals surface area contributed by atoms with Crippen molar-refractivity contribution in [2.45, 2.75) is 9.37 Å². The number of nitrogens with two attached hydrogens (primary N) is 1. The fourth-order valence-electron chi connectivity index (χ4n) is 0.818. The van der Waals surface area contributed by atoms with Crippen molar-refractivity contribution in [3.05, 3.63) is 28.8 Å². The fourth-order valence-corrected chi connectivity index (χ4v) is 2.46. The van der Waals surface area contributed by atoms with E-state index in [1.54, 1.807) is 6.20 Å². The van der Waals surface area contributed by atoms with Crippen molar-refractivity contribution in [3.8, 4) is 0 Å². The van der Waals surface area contributed by atoms with Gasteiger partial charge in [-0.25, -0.2) is 9.97 Å². The molecule has 0 radical (unpaired) electrons. The molecule has 0 unspecified atom stereocenters. The molecule has 2 aromatic rings. The number of aromatic nitrogens is 3. The molecule has 0 bridgehead atoms. The second-order valence-corrected chi connectivity index (χ2v) is 4.71. The second kappa shape index (κ2) is 3.81. The standard InChI is InChI=1S/C7H6N4OS2/c8-6-10-3-5(13-6)14-7-9-2-1-4(12)11-7/h1-3H,(H2,8,10)(H,9,11,12). The van der Waals surface area contributed by atoms with Gasteiger partial charge in [0.25, 0.3) is 5.56 Å². The lowest BCUT2D eigenvalue weighted by Gasteiger charge is -1.94. The first kappa shape index (κ1) is 9.22. The average Bonchev–Trinajstić information content (AvgIpc) is 2.51. The van der Waals surface area contributed by atoms with E-state index in [9.17, 15) is 4.79 Å². The minimum atomic E-state index is -0.167. The first-order valence-corrected chi connectivity index (χ1v) is 5.32. The molecule has 0 saturated carbocycles. The molecule has 0 aromatic carbocycles. The number of thiazole rings is 1. The highest BCUT2D eigenvalue weighted by Gasteiger charge is 2.02. The molecule has 0 amide bonds. The Kier molecular flexibility index (Phi) is 2.51. The molecule has 0 spiro atoms. The van der Waals surface area contributed by atoms with Crippen molar-refractivity contribution in [1.82, 2.24) is 15.0 Å². The van der Waals surface area contributed by atoms with E-state index in [2.05, 4.69) is 15.0 Å². The molecule has 0 aliphatic rings. The van der Waals surface area contributed by atoms with E-state index in [1.807, 2.05) is 0 Å². The molecule has 5 nitrogen and oxygen atoms in total. The maximum Gasteiger partial charge on any atom is 0.251 e. The molecule has 0 saturated heterocycles. The van der Waals surface area contributed by atoms with Crippen molar-refractivity contribution in [1.29, 1.82) is 0 Å². The second-order valence-electron chi connectivity index (χ2n) is 2.36. The van der Waals surface area contributed by atoms with Gasteiger partial charge in [-0.3, -0.25) is 4.79 Å². The molecular weight excluding hydrogens is 220 g/mol. The van der Waals surface area contributed by atoms with E-state index in [-0.39, 0.29) is 5.56 Å². The Bertz CT molecular complexity index is 492. The summed E-state index contributed by atoms with van der Waals surface area (Å²) in [4.78, 5) is 21.4. The third-order valence-electron chi connectivity index (χ3n) is 1.35. The molecule has 2 heterocycles. The Hall–Kier alpha value is -1.34. The van der Waals surface area contributed by atoms with Gasteiger partial charge in [0.2, 0.25) is 0 Å². The molecular formula is C7H6N4OS2. The summed E-state index contributed by atoms with van der Waals surface area (Å²) >= 11 is 2.69. The van der Waals surface area contributed by atoms with Gasteiger partial charge >= 0.3 is 0 Å². The topological polar surface area (TPSA) is 84.7 Å². The van der Waals surface area contributed by atoms with Crippen LogP contribution in [0.5, 0.6) is 0 Å². The summed E-state index contributed by atoms with van der Waals surface area (Å²) in [5.41, 5.74) is 5.30. The van der Waals surface area contributed by atoms with Crippen LogP contribution in [0.25, 0.3) is 0 Å². The normalized spacial score (nSPS) is 10.3. The smallest absolute Gasteiger partial charge is 0.251 e. The van der Waals surface area contributed by atoms with Crippen LogP contribution in [0.15, 0.2) is 32.6 Å². The molecule has 3 N–H and O–H groups in total. The number of nitrogen functional groups attached to an aromatic ring is 1. The number of aromatic amines is 1. The van der Waals surface area contributed by atoms with E-state index in [1.165, 1.54) is 35.4 Å². The van der Waals surface area contributed by atoms with Gasteiger partial charge in [0, 0.05) is 12.3 Å². The van der Waals surface area contributed by atoms with Crippen molar-refractivity contribution in [2.24, 2.45) is 0 Å². The van der Waals surface area contributed by atoms with Crippen LogP contribution in [0.4, 0.5) is 5.13 Å². The Morgan fingerprint density at radius 3 is 3.00 bits per heavy atom. The Morgan fingerprint density at radius 1 is 1.50 bits per heavy atom.